The van der Waals surface area contributed by atoms with Gasteiger partial charge in [0.05, 0.1) is 120 Å². The van der Waals surface area contributed by atoms with Crippen LogP contribution in [0.25, 0.3) is 10.8 Å². The average Bonchev–Trinajstić information content (AvgIpc) is 1.77. The Labute approximate surface area is 508 Å². The quantitative estimate of drug-likeness (QED) is 0.0388. The van der Waals surface area contributed by atoms with E-state index in [1.165, 1.54) is 18.0 Å². The molecule has 6 amide bonds. The van der Waals surface area contributed by atoms with Crippen molar-refractivity contribution in [1.82, 2.24) is 40.2 Å². The molecule has 0 aliphatic carbocycles. The molecule has 2 aromatic heterocycles. The Balaban J connectivity index is 0.618. The summed E-state index contributed by atoms with van der Waals surface area (Å²) in [4.78, 5) is 105. The van der Waals surface area contributed by atoms with Crippen LogP contribution in [0.2, 0.25) is 5.02 Å². The lowest BCUT2D eigenvalue weighted by Crippen LogP contribution is -2.55. The molecule has 86 heavy (non-hydrogen) atoms. The number of imide groups is 1. The molecule has 1 unspecified atom stereocenters. The van der Waals surface area contributed by atoms with E-state index in [-0.39, 0.29) is 85.7 Å². The van der Waals surface area contributed by atoms with Crippen molar-refractivity contribution in [2.24, 2.45) is 5.41 Å². The van der Waals surface area contributed by atoms with Crippen molar-refractivity contribution in [3.63, 3.8) is 0 Å². The number of carbonyl (C=O) groups excluding carboxylic acids is 6. The Morgan fingerprint density at radius 3 is 2.06 bits per heavy atom. The SMILES string of the molecule is C[C@H]1OCC2(CCN(c3cnc(Sc4cccc(NC(=O)CCC(=O)N5CCN(C(=O)CCOCCOCCOCCOCCOCCNc6cccc7cnn(C8CCC(=O)NC8=O)c(=O)c67)CC5)c4Cl)c(N)n3)CC2)[C@H]1NC(=O)OC(C)(C)C. The van der Waals surface area contributed by atoms with Gasteiger partial charge in [-0.05, 0) is 65.2 Å². The van der Waals surface area contributed by atoms with Gasteiger partial charge < -0.3 is 69.5 Å². The number of benzene rings is 2. The molecular weight excluding hydrogens is 1160 g/mol. The normalized spacial score (nSPS) is 18.8. The molecule has 1 spiro atoms. The molecule has 6 N–H and O–H groups in total. The van der Waals surface area contributed by atoms with Crippen LogP contribution in [0.15, 0.2) is 63.5 Å². The van der Waals surface area contributed by atoms with E-state index in [1.54, 1.807) is 46.3 Å². The van der Waals surface area contributed by atoms with Crippen LogP contribution in [0.5, 0.6) is 0 Å². The Morgan fingerprint density at radius 1 is 0.802 bits per heavy atom. The van der Waals surface area contributed by atoms with E-state index in [2.05, 4.69) is 41.2 Å². The first-order valence-electron chi connectivity index (χ1n) is 29.2. The average molecular weight is 1240 g/mol. The van der Waals surface area contributed by atoms with Gasteiger partial charge >= 0.3 is 6.09 Å². The summed E-state index contributed by atoms with van der Waals surface area (Å²) in [6.45, 7) is 14.8. The second-order valence-electron chi connectivity index (χ2n) is 22.3. The number of nitrogens with one attached hydrogen (secondary N) is 4. The number of amides is 6. The van der Waals surface area contributed by atoms with E-state index in [4.69, 9.17) is 50.5 Å². The van der Waals surface area contributed by atoms with Crippen molar-refractivity contribution < 1.29 is 61.9 Å². The first-order chi connectivity index (χ1) is 41.4. The van der Waals surface area contributed by atoms with E-state index in [0.29, 0.717) is 155 Å². The van der Waals surface area contributed by atoms with Gasteiger partial charge in [0.15, 0.2) is 5.82 Å². The lowest BCUT2D eigenvalue weighted by molar-refractivity contribution is -0.140. The maximum absolute atomic E-state index is 13.4. The smallest absolute Gasteiger partial charge is 0.407 e. The van der Waals surface area contributed by atoms with Gasteiger partial charge in [0.2, 0.25) is 23.6 Å². The number of piperazine rings is 1. The Morgan fingerprint density at radius 2 is 1.42 bits per heavy atom. The van der Waals surface area contributed by atoms with Gasteiger partial charge in [0.1, 0.15) is 22.5 Å². The van der Waals surface area contributed by atoms with Crippen LogP contribution >= 0.6 is 23.4 Å². The molecule has 4 aliphatic heterocycles. The van der Waals surface area contributed by atoms with Crippen molar-refractivity contribution >= 4 is 92.8 Å². The summed E-state index contributed by atoms with van der Waals surface area (Å²) in [7, 11) is 0. The number of anilines is 4. The predicted molar refractivity (Wildman–Crippen MR) is 320 cm³/mol. The number of aromatic nitrogens is 4. The highest BCUT2D eigenvalue weighted by molar-refractivity contribution is 7.99. The zero-order valence-corrected chi connectivity index (χ0v) is 50.8. The molecule has 8 rings (SSSR count). The number of hydrogen-bond donors (Lipinski definition) is 5. The van der Waals surface area contributed by atoms with Gasteiger partial charge in [-0.15, -0.1) is 0 Å². The lowest BCUT2D eigenvalue weighted by Gasteiger charge is -2.43. The van der Waals surface area contributed by atoms with Crippen molar-refractivity contribution in [2.75, 3.05) is 140 Å². The summed E-state index contributed by atoms with van der Waals surface area (Å²) in [5.41, 5.74) is 6.16. The summed E-state index contributed by atoms with van der Waals surface area (Å²) < 4.78 is 40.7. The molecule has 26 nitrogen and oxygen atoms in total. The molecule has 3 atom stereocenters. The third-order valence-corrected chi connectivity index (χ3v) is 16.7. The lowest BCUT2D eigenvalue weighted by atomic mass is 9.73. The van der Waals surface area contributed by atoms with Crippen molar-refractivity contribution in [1.29, 1.82) is 0 Å². The molecule has 0 radical (unpaired) electrons. The number of nitrogen functional groups attached to an aromatic ring is 1. The molecule has 2 aromatic carbocycles. The highest BCUT2D eigenvalue weighted by Gasteiger charge is 2.51. The third-order valence-electron chi connectivity index (χ3n) is 15.1. The van der Waals surface area contributed by atoms with Gasteiger partial charge in [0, 0.05) is 86.5 Å². The molecule has 0 saturated carbocycles. The standard InChI is InChI=1S/C58H79ClN12O14S/c1-38-51(67-56(78)85-57(2,3)4)58(37-84-38)16-19-68(20-17-58)44-36-62-54(52(60)65-44)86-43-10-6-9-41(50(43)59)64-45(72)13-14-47(74)69-21-23-70(24-22-69)48(75)15-25-79-27-29-81-31-33-83-34-32-82-30-28-80-26-18-61-40-8-5-7-39-35-63-71(55(77)49(39)40)42-11-12-46(73)66-53(42)76/h5-10,35-36,38,42,51,61H,11-34,37H2,1-4H3,(H2,60,65)(H,64,72)(H,67,78)(H,66,73,76)/t38-,42?,51+/m1/s1. The second kappa shape index (κ2) is 31.3. The number of piperidine rings is 2. The van der Waals surface area contributed by atoms with Crippen LogP contribution in [0.4, 0.5) is 27.8 Å². The highest BCUT2D eigenvalue weighted by atomic mass is 35.5. The van der Waals surface area contributed by atoms with E-state index in [0.717, 1.165) is 17.5 Å². The Hall–Kier alpha value is -6.72. The van der Waals surface area contributed by atoms with Crippen molar-refractivity contribution in [2.45, 2.75) is 106 Å². The number of nitrogens with two attached hydrogens (primary N) is 1. The summed E-state index contributed by atoms with van der Waals surface area (Å²) in [6.07, 6.45) is 4.63. The maximum Gasteiger partial charge on any atom is 0.407 e. The maximum atomic E-state index is 13.4. The topological polar surface area (TPSA) is 312 Å². The summed E-state index contributed by atoms with van der Waals surface area (Å²) >= 11 is 8.01. The predicted octanol–water partition coefficient (Wildman–Crippen LogP) is 4.42. The number of alkyl carbamates (subject to hydrolysis) is 1. The molecule has 4 aliphatic rings. The number of nitrogens with zero attached hydrogens (tertiary/aromatic N) is 7. The highest BCUT2D eigenvalue weighted by Crippen LogP contribution is 2.44. The van der Waals surface area contributed by atoms with Crippen LogP contribution in [-0.4, -0.2) is 201 Å². The van der Waals surface area contributed by atoms with Gasteiger partial charge in [-0.3, -0.25) is 34.1 Å². The fraction of sp³-hybridized carbons (Fsp3) is 0.586. The first kappa shape index (κ1) is 65.3. The fourth-order valence-corrected chi connectivity index (χ4v) is 11.7. The Bertz CT molecular complexity index is 3060. The number of fused-ring (bicyclic) bond motifs is 1. The number of ether oxygens (including phenoxy) is 7. The summed E-state index contributed by atoms with van der Waals surface area (Å²) in [5.74, 6) is -0.653. The van der Waals surface area contributed by atoms with E-state index in [1.807, 2.05) is 33.8 Å². The van der Waals surface area contributed by atoms with Crippen LogP contribution in [-0.2, 0) is 57.1 Å². The van der Waals surface area contributed by atoms with E-state index < -0.39 is 29.2 Å². The van der Waals surface area contributed by atoms with Gasteiger partial charge in [-0.25, -0.2) is 19.4 Å². The number of hydrogen-bond acceptors (Lipinski definition) is 21. The van der Waals surface area contributed by atoms with Crippen molar-refractivity contribution in [3.05, 3.63) is 64.2 Å². The van der Waals surface area contributed by atoms with Crippen LogP contribution in [0.1, 0.15) is 78.7 Å². The zero-order valence-electron chi connectivity index (χ0n) is 49.2. The minimum atomic E-state index is -0.852. The van der Waals surface area contributed by atoms with E-state index >= 15 is 0 Å². The van der Waals surface area contributed by atoms with Crippen molar-refractivity contribution in [3.8, 4) is 0 Å². The molecule has 28 heteroatoms. The largest absolute Gasteiger partial charge is 0.444 e. The molecule has 6 heterocycles. The number of rotatable bonds is 28. The fourth-order valence-electron chi connectivity index (χ4n) is 10.6. The molecular formula is C58H79ClN12O14S. The monoisotopic (exact) mass is 1230 g/mol. The third kappa shape index (κ3) is 18.2. The minimum Gasteiger partial charge on any atom is -0.444 e. The second-order valence-corrected chi connectivity index (χ2v) is 23.7. The molecule has 468 valence electrons. The number of carbonyl (C=O) groups is 6. The molecule has 4 aromatic rings. The van der Waals surface area contributed by atoms with Gasteiger partial charge in [-0.2, -0.15) is 5.10 Å². The van der Waals surface area contributed by atoms with Crippen LogP contribution in [0, 0.1) is 5.41 Å². The molecule has 4 fully saturated rings. The molecule has 4 saturated heterocycles. The minimum absolute atomic E-state index is 0.00616. The molecule has 0 bridgehead atoms. The van der Waals surface area contributed by atoms with Crippen LogP contribution < -0.4 is 37.5 Å². The van der Waals surface area contributed by atoms with E-state index in [9.17, 15) is 33.6 Å². The Kier molecular flexibility index (Phi) is 23.7. The summed E-state index contributed by atoms with van der Waals surface area (Å²) in [5, 5.41) is 17.4. The van der Waals surface area contributed by atoms with Crippen LogP contribution in [0.3, 0.4) is 0 Å². The first-order valence-corrected chi connectivity index (χ1v) is 30.3. The summed E-state index contributed by atoms with van der Waals surface area (Å²) in [6, 6.07) is 9.54. The van der Waals surface area contributed by atoms with Gasteiger partial charge in [0.25, 0.3) is 11.5 Å². The number of halogens is 1. The zero-order chi connectivity index (χ0) is 61.2. The van der Waals surface area contributed by atoms with Gasteiger partial charge in [-0.1, -0.05) is 41.6 Å².